The Balaban J connectivity index is 1.52. The lowest BCUT2D eigenvalue weighted by Crippen LogP contribution is -2.29. The number of carbonyl (C=O) groups excluding carboxylic acids is 1. The lowest BCUT2D eigenvalue weighted by molar-refractivity contribution is 0.102. The van der Waals surface area contributed by atoms with E-state index in [1.54, 1.807) is 22.7 Å². The molecule has 1 amide bonds. The van der Waals surface area contributed by atoms with Gasteiger partial charge in [0, 0.05) is 29.1 Å². The standard InChI is InChI=1S/C27H29N3OS2/c1-5-30-15-14-19-22(16-30)33-26(23(19)25-28-20-8-6-7-9-21(20)32-25)29-24(31)17-10-12-18(13-11-17)27(2,3)4/h6-13H,5,14-16H2,1-4H3,(H,29,31). The second kappa shape index (κ2) is 8.67. The fourth-order valence-corrected chi connectivity index (χ4v) is 6.71. The van der Waals surface area contributed by atoms with Gasteiger partial charge in [-0.1, -0.05) is 52.0 Å². The number of likely N-dealkylation sites (N-methyl/N-ethyl adjacent to an activating group) is 1. The quantitative estimate of drug-likeness (QED) is 0.347. The van der Waals surface area contributed by atoms with Crippen molar-refractivity contribution in [2.75, 3.05) is 18.4 Å². The van der Waals surface area contributed by atoms with Crippen LogP contribution in [0.15, 0.2) is 48.5 Å². The van der Waals surface area contributed by atoms with Crippen LogP contribution in [0.3, 0.4) is 0 Å². The summed E-state index contributed by atoms with van der Waals surface area (Å²) in [5.74, 6) is -0.0660. The molecule has 0 saturated carbocycles. The Morgan fingerprint density at radius 1 is 1.09 bits per heavy atom. The first-order valence-corrected chi connectivity index (χ1v) is 13.1. The van der Waals surface area contributed by atoms with Crippen LogP contribution in [0.1, 0.15) is 54.1 Å². The summed E-state index contributed by atoms with van der Waals surface area (Å²) < 4.78 is 1.17. The SMILES string of the molecule is CCN1CCc2c(sc(NC(=O)c3ccc(C(C)(C)C)cc3)c2-c2nc3ccccc3s2)C1. The Kier molecular flexibility index (Phi) is 5.85. The molecule has 6 heteroatoms. The molecular formula is C27H29N3OS2. The molecule has 0 radical (unpaired) electrons. The van der Waals surface area contributed by atoms with Crippen LogP contribution in [-0.4, -0.2) is 28.9 Å². The second-order valence-corrected chi connectivity index (χ2v) is 11.7. The third-order valence-corrected chi connectivity index (χ3v) is 8.52. The topological polar surface area (TPSA) is 45.2 Å². The summed E-state index contributed by atoms with van der Waals surface area (Å²) >= 11 is 3.42. The minimum atomic E-state index is -0.0660. The maximum absolute atomic E-state index is 13.2. The van der Waals surface area contributed by atoms with Gasteiger partial charge in [0.2, 0.25) is 0 Å². The number of para-hydroxylation sites is 1. The first-order chi connectivity index (χ1) is 15.8. The van der Waals surface area contributed by atoms with Gasteiger partial charge >= 0.3 is 0 Å². The Hall–Kier alpha value is -2.54. The van der Waals surface area contributed by atoms with E-state index in [-0.39, 0.29) is 11.3 Å². The summed E-state index contributed by atoms with van der Waals surface area (Å²) in [5, 5.41) is 5.16. The molecule has 1 N–H and O–H groups in total. The normalized spacial score (nSPS) is 14.4. The van der Waals surface area contributed by atoms with Gasteiger partial charge < -0.3 is 5.32 Å². The van der Waals surface area contributed by atoms with Crippen LogP contribution in [0.25, 0.3) is 20.8 Å². The summed E-state index contributed by atoms with van der Waals surface area (Å²) in [5.41, 5.74) is 5.44. The molecule has 4 aromatic rings. The monoisotopic (exact) mass is 475 g/mol. The minimum absolute atomic E-state index is 0.0625. The van der Waals surface area contributed by atoms with Crippen molar-refractivity contribution in [3.8, 4) is 10.6 Å². The van der Waals surface area contributed by atoms with Crippen LogP contribution in [0.2, 0.25) is 0 Å². The molecule has 0 saturated heterocycles. The number of carbonyl (C=O) groups is 1. The van der Waals surface area contributed by atoms with Crippen LogP contribution in [0.5, 0.6) is 0 Å². The molecule has 170 valence electrons. The highest BCUT2D eigenvalue weighted by Crippen LogP contribution is 2.45. The van der Waals surface area contributed by atoms with Gasteiger partial charge in [-0.3, -0.25) is 9.69 Å². The number of fused-ring (bicyclic) bond motifs is 2. The van der Waals surface area contributed by atoms with Gasteiger partial charge in [-0.25, -0.2) is 4.98 Å². The molecule has 5 rings (SSSR count). The Morgan fingerprint density at radius 2 is 1.85 bits per heavy atom. The van der Waals surface area contributed by atoms with E-state index in [0.717, 1.165) is 47.1 Å². The molecule has 2 aromatic carbocycles. The average Bonchev–Trinajstić information content (AvgIpc) is 3.38. The van der Waals surface area contributed by atoms with Gasteiger partial charge in [-0.15, -0.1) is 22.7 Å². The summed E-state index contributed by atoms with van der Waals surface area (Å²) in [6, 6.07) is 16.2. The smallest absolute Gasteiger partial charge is 0.256 e. The predicted octanol–water partition coefficient (Wildman–Crippen LogP) is 6.95. The number of rotatable bonds is 4. The van der Waals surface area contributed by atoms with Crippen LogP contribution >= 0.6 is 22.7 Å². The Labute approximate surface area is 203 Å². The molecule has 4 nitrogen and oxygen atoms in total. The first-order valence-electron chi connectivity index (χ1n) is 11.5. The molecule has 33 heavy (non-hydrogen) atoms. The number of aromatic nitrogens is 1. The first kappa shape index (κ1) is 22.3. The van der Waals surface area contributed by atoms with E-state index in [4.69, 9.17) is 4.98 Å². The van der Waals surface area contributed by atoms with E-state index in [2.05, 4.69) is 68.2 Å². The fraction of sp³-hybridized carbons (Fsp3) is 0.333. The number of anilines is 1. The molecular weight excluding hydrogens is 446 g/mol. The molecule has 0 aliphatic carbocycles. The van der Waals surface area contributed by atoms with Crippen molar-refractivity contribution in [1.29, 1.82) is 0 Å². The van der Waals surface area contributed by atoms with Crippen molar-refractivity contribution in [2.45, 2.75) is 46.1 Å². The lowest BCUT2D eigenvalue weighted by Gasteiger charge is -2.25. The molecule has 0 unspecified atom stereocenters. The third-order valence-electron chi connectivity index (χ3n) is 6.33. The summed E-state index contributed by atoms with van der Waals surface area (Å²) in [6.07, 6.45) is 0.987. The van der Waals surface area contributed by atoms with E-state index in [9.17, 15) is 4.79 Å². The van der Waals surface area contributed by atoms with Crippen LogP contribution in [0, 0.1) is 0 Å². The van der Waals surface area contributed by atoms with Crippen molar-refractivity contribution >= 4 is 43.8 Å². The van der Waals surface area contributed by atoms with Gasteiger partial charge in [0.15, 0.2) is 0 Å². The van der Waals surface area contributed by atoms with Crippen molar-refractivity contribution in [3.63, 3.8) is 0 Å². The molecule has 0 atom stereocenters. The van der Waals surface area contributed by atoms with Crippen LogP contribution in [-0.2, 0) is 18.4 Å². The van der Waals surface area contributed by atoms with Gasteiger partial charge in [-0.2, -0.15) is 0 Å². The number of hydrogen-bond donors (Lipinski definition) is 1. The second-order valence-electron chi connectivity index (χ2n) is 9.59. The van der Waals surface area contributed by atoms with Gasteiger partial charge in [-0.05, 0) is 53.8 Å². The summed E-state index contributed by atoms with van der Waals surface area (Å²) in [7, 11) is 0. The summed E-state index contributed by atoms with van der Waals surface area (Å²) in [4.78, 5) is 22.0. The molecule has 1 aliphatic heterocycles. The maximum atomic E-state index is 13.2. The van der Waals surface area contributed by atoms with Crippen LogP contribution in [0.4, 0.5) is 5.00 Å². The molecule has 0 spiro atoms. The number of benzene rings is 2. The number of nitrogens with zero attached hydrogens (tertiary/aromatic N) is 2. The largest absolute Gasteiger partial charge is 0.313 e. The highest BCUT2D eigenvalue weighted by molar-refractivity contribution is 7.23. The molecule has 3 heterocycles. The van der Waals surface area contributed by atoms with Gasteiger partial charge in [0.1, 0.15) is 10.0 Å². The van der Waals surface area contributed by atoms with Crippen molar-refractivity contribution in [2.24, 2.45) is 0 Å². The number of thiazole rings is 1. The lowest BCUT2D eigenvalue weighted by atomic mass is 9.87. The van der Waals surface area contributed by atoms with E-state index < -0.39 is 0 Å². The van der Waals surface area contributed by atoms with Gasteiger partial charge in [0.25, 0.3) is 5.91 Å². The number of hydrogen-bond acceptors (Lipinski definition) is 5. The summed E-state index contributed by atoms with van der Waals surface area (Å²) in [6.45, 7) is 11.8. The predicted molar refractivity (Wildman–Crippen MR) is 141 cm³/mol. The third kappa shape index (κ3) is 4.35. The number of nitrogens with one attached hydrogen (secondary N) is 1. The molecule has 0 fully saturated rings. The molecule has 0 bridgehead atoms. The highest BCUT2D eigenvalue weighted by Gasteiger charge is 2.27. The zero-order chi connectivity index (χ0) is 23.2. The zero-order valence-corrected chi connectivity index (χ0v) is 21.2. The van der Waals surface area contributed by atoms with Crippen molar-refractivity contribution in [3.05, 3.63) is 70.1 Å². The van der Waals surface area contributed by atoms with E-state index in [1.165, 1.54) is 20.7 Å². The maximum Gasteiger partial charge on any atom is 0.256 e. The van der Waals surface area contributed by atoms with Gasteiger partial charge in [0.05, 0.1) is 10.2 Å². The Morgan fingerprint density at radius 3 is 2.55 bits per heavy atom. The molecule has 2 aromatic heterocycles. The highest BCUT2D eigenvalue weighted by atomic mass is 32.1. The Bertz CT molecular complexity index is 1280. The van der Waals surface area contributed by atoms with Crippen molar-refractivity contribution < 1.29 is 4.79 Å². The van der Waals surface area contributed by atoms with E-state index in [0.29, 0.717) is 5.56 Å². The minimum Gasteiger partial charge on any atom is -0.313 e. The van der Waals surface area contributed by atoms with E-state index in [1.807, 2.05) is 18.2 Å². The fourth-order valence-electron chi connectivity index (χ4n) is 4.32. The number of thiophene rings is 1. The number of amides is 1. The zero-order valence-electron chi connectivity index (χ0n) is 19.6. The van der Waals surface area contributed by atoms with E-state index >= 15 is 0 Å². The van der Waals surface area contributed by atoms with Crippen LogP contribution < -0.4 is 5.32 Å². The average molecular weight is 476 g/mol. The molecule has 1 aliphatic rings. The van der Waals surface area contributed by atoms with Crippen molar-refractivity contribution in [1.82, 2.24) is 9.88 Å².